The van der Waals surface area contributed by atoms with Crippen LogP contribution < -0.4 is 5.32 Å². The van der Waals surface area contributed by atoms with Crippen molar-refractivity contribution in [2.75, 3.05) is 6.61 Å². The summed E-state index contributed by atoms with van der Waals surface area (Å²) in [6.07, 6.45) is 2.64. The second kappa shape index (κ2) is 6.93. The fourth-order valence-electron chi connectivity index (χ4n) is 1.25. The van der Waals surface area contributed by atoms with E-state index < -0.39 is 24.5 Å². The van der Waals surface area contributed by atoms with Crippen molar-refractivity contribution in [2.45, 2.75) is 6.04 Å². The molecule has 1 amide bonds. The Kier molecular flexibility index (Phi) is 5.26. The van der Waals surface area contributed by atoms with Crippen LogP contribution in [0.25, 0.3) is 6.08 Å². The number of amides is 1. The second-order valence-corrected chi connectivity index (χ2v) is 3.65. The number of carboxylic acids is 1. The predicted octanol–water partition coefficient (Wildman–Crippen LogP) is 0.133. The first kappa shape index (κ1) is 14.4. The minimum atomic E-state index is -1.32. The molecule has 19 heavy (non-hydrogen) atoms. The number of carbonyl (C=O) groups excluding carboxylic acids is 1. The van der Waals surface area contributed by atoms with Gasteiger partial charge in [0.25, 0.3) is 0 Å². The van der Waals surface area contributed by atoms with Gasteiger partial charge in [0, 0.05) is 6.08 Å². The lowest BCUT2D eigenvalue weighted by atomic mass is 10.1. The SMILES string of the molecule is N#Cc1ccc(/C=C/C(=O)N[C@H](CO)C(=O)O)cc1. The normalized spacial score (nSPS) is 11.8. The van der Waals surface area contributed by atoms with Gasteiger partial charge in [0.15, 0.2) is 6.04 Å². The van der Waals surface area contributed by atoms with Crippen molar-refractivity contribution in [1.82, 2.24) is 5.32 Å². The summed E-state index contributed by atoms with van der Waals surface area (Å²) in [5, 5.41) is 28.1. The van der Waals surface area contributed by atoms with E-state index in [9.17, 15) is 9.59 Å². The first-order valence-corrected chi connectivity index (χ1v) is 5.39. The van der Waals surface area contributed by atoms with Crippen LogP contribution >= 0.6 is 0 Å². The maximum Gasteiger partial charge on any atom is 0.328 e. The smallest absolute Gasteiger partial charge is 0.328 e. The molecule has 3 N–H and O–H groups in total. The molecular weight excluding hydrogens is 248 g/mol. The Morgan fingerprint density at radius 1 is 1.37 bits per heavy atom. The van der Waals surface area contributed by atoms with Crippen LogP contribution in [0.3, 0.4) is 0 Å². The highest BCUT2D eigenvalue weighted by Crippen LogP contribution is 2.05. The largest absolute Gasteiger partial charge is 0.480 e. The van der Waals surface area contributed by atoms with Gasteiger partial charge in [-0.15, -0.1) is 0 Å². The summed E-state index contributed by atoms with van der Waals surface area (Å²) in [5.41, 5.74) is 1.21. The molecule has 0 radical (unpaired) electrons. The molecule has 0 spiro atoms. The molecule has 98 valence electrons. The summed E-state index contributed by atoms with van der Waals surface area (Å²) in [6.45, 7) is -0.675. The van der Waals surface area contributed by atoms with Gasteiger partial charge in [0.1, 0.15) is 0 Å². The highest BCUT2D eigenvalue weighted by Gasteiger charge is 2.16. The van der Waals surface area contributed by atoms with Gasteiger partial charge in [0.2, 0.25) is 5.91 Å². The molecule has 0 saturated carbocycles. The molecule has 0 saturated heterocycles. The van der Waals surface area contributed by atoms with Crippen LogP contribution in [0, 0.1) is 11.3 Å². The third kappa shape index (κ3) is 4.61. The summed E-state index contributed by atoms with van der Waals surface area (Å²) in [6, 6.07) is 7.16. The quantitative estimate of drug-likeness (QED) is 0.652. The Morgan fingerprint density at radius 2 is 2.00 bits per heavy atom. The number of hydrogen-bond donors (Lipinski definition) is 3. The molecule has 0 unspecified atom stereocenters. The van der Waals surface area contributed by atoms with Crippen molar-refractivity contribution < 1.29 is 19.8 Å². The van der Waals surface area contributed by atoms with Gasteiger partial charge in [0.05, 0.1) is 18.2 Å². The molecule has 0 aromatic heterocycles. The Hall–Kier alpha value is -2.65. The molecule has 1 atom stereocenters. The van der Waals surface area contributed by atoms with Crippen molar-refractivity contribution in [2.24, 2.45) is 0 Å². The van der Waals surface area contributed by atoms with Gasteiger partial charge in [-0.05, 0) is 23.8 Å². The number of rotatable bonds is 5. The van der Waals surface area contributed by atoms with Crippen LogP contribution in [0.4, 0.5) is 0 Å². The molecule has 0 heterocycles. The molecule has 6 heteroatoms. The van der Waals surface area contributed by atoms with E-state index in [4.69, 9.17) is 15.5 Å². The summed E-state index contributed by atoms with van der Waals surface area (Å²) in [4.78, 5) is 22.0. The number of nitriles is 1. The van der Waals surface area contributed by atoms with Gasteiger partial charge in [-0.1, -0.05) is 12.1 Å². The van der Waals surface area contributed by atoms with Crippen molar-refractivity contribution in [3.05, 3.63) is 41.5 Å². The topological polar surface area (TPSA) is 110 Å². The number of nitrogens with zero attached hydrogens (tertiary/aromatic N) is 1. The van der Waals surface area contributed by atoms with Crippen LogP contribution in [-0.2, 0) is 9.59 Å². The summed E-state index contributed by atoms with van der Waals surface area (Å²) in [7, 11) is 0. The average molecular weight is 260 g/mol. The highest BCUT2D eigenvalue weighted by atomic mass is 16.4. The third-order valence-corrected chi connectivity index (χ3v) is 2.26. The molecule has 6 nitrogen and oxygen atoms in total. The fourth-order valence-corrected chi connectivity index (χ4v) is 1.25. The van der Waals surface area contributed by atoms with Gasteiger partial charge in [-0.3, -0.25) is 4.79 Å². The van der Waals surface area contributed by atoms with E-state index in [-0.39, 0.29) is 0 Å². The highest BCUT2D eigenvalue weighted by molar-refractivity contribution is 5.94. The minimum Gasteiger partial charge on any atom is -0.480 e. The molecule has 1 aromatic rings. The number of aliphatic hydroxyl groups excluding tert-OH is 1. The van der Waals surface area contributed by atoms with Gasteiger partial charge >= 0.3 is 5.97 Å². The Balaban J connectivity index is 2.63. The van der Waals surface area contributed by atoms with Crippen LogP contribution in [0.15, 0.2) is 30.3 Å². The van der Waals surface area contributed by atoms with E-state index in [1.54, 1.807) is 24.3 Å². The van der Waals surface area contributed by atoms with Gasteiger partial charge < -0.3 is 15.5 Å². The van der Waals surface area contributed by atoms with Crippen LogP contribution in [0.5, 0.6) is 0 Å². The van der Waals surface area contributed by atoms with Crippen LogP contribution in [0.1, 0.15) is 11.1 Å². The zero-order chi connectivity index (χ0) is 14.3. The number of hydrogen-bond acceptors (Lipinski definition) is 4. The molecule has 1 aromatic carbocycles. The lowest BCUT2D eigenvalue weighted by Crippen LogP contribution is -2.42. The monoisotopic (exact) mass is 260 g/mol. The summed E-state index contributed by atoms with van der Waals surface area (Å²) < 4.78 is 0. The maximum absolute atomic E-state index is 11.4. The Bertz CT molecular complexity index is 529. The maximum atomic E-state index is 11.4. The molecular formula is C13H12N2O4. The number of aliphatic carboxylic acids is 1. The predicted molar refractivity (Wildman–Crippen MR) is 66.8 cm³/mol. The van der Waals surface area contributed by atoms with Gasteiger partial charge in [-0.25, -0.2) is 4.79 Å². The molecule has 0 bridgehead atoms. The number of nitrogens with one attached hydrogen (secondary N) is 1. The molecule has 0 aliphatic heterocycles. The minimum absolute atomic E-state index is 0.507. The molecule has 0 aliphatic rings. The zero-order valence-electron chi connectivity index (χ0n) is 9.91. The van der Waals surface area contributed by atoms with Crippen molar-refractivity contribution >= 4 is 18.0 Å². The number of carbonyl (C=O) groups is 2. The van der Waals surface area contributed by atoms with E-state index >= 15 is 0 Å². The van der Waals surface area contributed by atoms with E-state index in [0.29, 0.717) is 11.1 Å². The summed E-state index contributed by atoms with van der Waals surface area (Å²) >= 11 is 0. The van der Waals surface area contributed by atoms with E-state index in [0.717, 1.165) is 6.08 Å². The Labute approximate surface area is 109 Å². The molecule has 0 fully saturated rings. The fraction of sp³-hybridized carbons (Fsp3) is 0.154. The van der Waals surface area contributed by atoms with E-state index in [1.807, 2.05) is 6.07 Å². The summed E-state index contributed by atoms with van der Waals surface area (Å²) in [5.74, 6) is -1.92. The van der Waals surface area contributed by atoms with Crippen molar-refractivity contribution in [3.63, 3.8) is 0 Å². The number of benzene rings is 1. The first-order chi connectivity index (χ1) is 9.06. The van der Waals surface area contributed by atoms with E-state index in [2.05, 4.69) is 5.32 Å². The Morgan fingerprint density at radius 3 is 2.47 bits per heavy atom. The van der Waals surface area contributed by atoms with Gasteiger partial charge in [-0.2, -0.15) is 5.26 Å². The van der Waals surface area contributed by atoms with Crippen LogP contribution in [-0.4, -0.2) is 34.7 Å². The van der Waals surface area contributed by atoms with Crippen molar-refractivity contribution in [3.8, 4) is 6.07 Å². The number of carboxylic acid groups (broad SMARTS) is 1. The lowest BCUT2D eigenvalue weighted by Gasteiger charge is -2.09. The third-order valence-electron chi connectivity index (χ3n) is 2.26. The molecule has 0 aliphatic carbocycles. The standard InChI is InChI=1S/C13H12N2O4/c14-7-10-3-1-9(2-4-10)5-6-12(17)15-11(8-16)13(18)19/h1-6,11,16H,8H2,(H,15,17)(H,18,19)/b6-5+/t11-/m1/s1. The van der Waals surface area contributed by atoms with Crippen LogP contribution in [0.2, 0.25) is 0 Å². The van der Waals surface area contributed by atoms with Crippen molar-refractivity contribution in [1.29, 1.82) is 5.26 Å². The lowest BCUT2D eigenvalue weighted by molar-refractivity contribution is -0.142. The van der Waals surface area contributed by atoms with E-state index in [1.165, 1.54) is 6.08 Å². The second-order valence-electron chi connectivity index (χ2n) is 3.65. The molecule has 1 rings (SSSR count). The average Bonchev–Trinajstić information content (AvgIpc) is 2.42. The zero-order valence-corrected chi connectivity index (χ0v) is 9.91. The number of aliphatic hydroxyl groups is 1. The first-order valence-electron chi connectivity index (χ1n) is 5.39.